The Balaban J connectivity index is 1.84. The van der Waals surface area contributed by atoms with Crippen molar-refractivity contribution in [3.8, 4) is 0 Å². The Hall–Kier alpha value is -1.77. The van der Waals surface area contributed by atoms with Gasteiger partial charge in [0.25, 0.3) is 0 Å². The molecule has 6 nitrogen and oxygen atoms in total. The number of aryl methyl sites for hydroxylation is 1. The maximum absolute atomic E-state index is 13.0. The highest BCUT2D eigenvalue weighted by molar-refractivity contribution is 7.96. The minimum Gasteiger partial charge on any atom is -0.308 e. The zero-order chi connectivity index (χ0) is 18.8. The highest BCUT2D eigenvalue weighted by Gasteiger charge is 2.45. The number of sulfone groups is 2. The van der Waals surface area contributed by atoms with Crippen molar-refractivity contribution in [1.82, 2.24) is 10.3 Å². The smallest absolute Gasteiger partial charge is 0.183 e. The van der Waals surface area contributed by atoms with E-state index >= 15 is 0 Å². The SMILES string of the molecule is CCc1ccc(S(=O)(=O)[C@H]2CS(=O)(=O)C[C@@H]2NCc2ccncc2)cc1. The average Bonchev–Trinajstić information content (AvgIpc) is 2.96. The molecular formula is C18H22N2O4S2. The van der Waals surface area contributed by atoms with Crippen molar-refractivity contribution in [2.45, 2.75) is 36.1 Å². The van der Waals surface area contributed by atoms with E-state index in [2.05, 4.69) is 10.3 Å². The molecule has 1 aromatic heterocycles. The van der Waals surface area contributed by atoms with E-state index in [-0.39, 0.29) is 16.4 Å². The van der Waals surface area contributed by atoms with Crippen LogP contribution in [0, 0.1) is 0 Å². The molecule has 1 N–H and O–H groups in total. The summed E-state index contributed by atoms with van der Waals surface area (Å²) in [5, 5.41) is 2.13. The molecule has 1 saturated heterocycles. The second kappa shape index (κ2) is 7.46. The highest BCUT2D eigenvalue weighted by Crippen LogP contribution is 2.26. The minimum absolute atomic E-state index is 0.172. The lowest BCUT2D eigenvalue weighted by Crippen LogP contribution is -2.43. The summed E-state index contributed by atoms with van der Waals surface area (Å²) in [5.74, 6) is -0.520. The van der Waals surface area contributed by atoms with Crippen molar-refractivity contribution in [1.29, 1.82) is 0 Å². The Morgan fingerprint density at radius 2 is 1.69 bits per heavy atom. The number of benzene rings is 1. The van der Waals surface area contributed by atoms with Crippen LogP contribution in [0.2, 0.25) is 0 Å². The van der Waals surface area contributed by atoms with Gasteiger partial charge in [0.1, 0.15) is 0 Å². The van der Waals surface area contributed by atoms with E-state index in [9.17, 15) is 16.8 Å². The molecule has 0 spiro atoms. The predicted molar refractivity (Wildman–Crippen MR) is 100 cm³/mol. The zero-order valence-corrected chi connectivity index (χ0v) is 16.1. The maximum atomic E-state index is 13.0. The second-order valence-electron chi connectivity index (χ2n) is 6.50. The standard InChI is InChI=1S/C18H22N2O4S2/c1-2-14-3-5-16(6-4-14)26(23,24)18-13-25(21,22)12-17(18)20-11-15-7-9-19-10-8-15/h3-10,17-18,20H,2,11-13H2,1H3/t17-,18-/m0/s1. The molecule has 8 heteroatoms. The van der Waals surface area contributed by atoms with Gasteiger partial charge in [0.2, 0.25) is 0 Å². The van der Waals surface area contributed by atoms with Crippen molar-refractivity contribution in [2.75, 3.05) is 11.5 Å². The summed E-state index contributed by atoms with van der Waals surface area (Å²) in [4.78, 5) is 4.11. The summed E-state index contributed by atoms with van der Waals surface area (Å²) in [6.07, 6.45) is 4.10. The molecule has 0 saturated carbocycles. The first kappa shape index (κ1) is 19.0. The second-order valence-corrected chi connectivity index (χ2v) is 10.8. The van der Waals surface area contributed by atoms with Gasteiger partial charge in [-0.2, -0.15) is 0 Å². The minimum atomic E-state index is -3.74. The number of nitrogens with one attached hydrogen (secondary N) is 1. The molecule has 2 aromatic rings. The molecule has 140 valence electrons. The molecule has 0 radical (unpaired) electrons. The molecule has 1 aliphatic heterocycles. The predicted octanol–water partition coefficient (Wildman–Crippen LogP) is 1.37. The lowest BCUT2D eigenvalue weighted by molar-refractivity contribution is 0.526. The summed E-state index contributed by atoms with van der Waals surface area (Å²) in [6, 6.07) is 9.67. The summed E-state index contributed by atoms with van der Waals surface area (Å²) < 4.78 is 50.3. The van der Waals surface area contributed by atoms with Gasteiger partial charge in [-0.15, -0.1) is 0 Å². The van der Waals surface area contributed by atoms with Gasteiger partial charge in [-0.1, -0.05) is 19.1 Å². The van der Waals surface area contributed by atoms with E-state index in [1.165, 1.54) is 0 Å². The first-order valence-electron chi connectivity index (χ1n) is 8.47. The molecule has 0 aliphatic carbocycles. The molecule has 0 amide bonds. The number of rotatable bonds is 6. The van der Waals surface area contributed by atoms with E-state index in [0.717, 1.165) is 17.5 Å². The Morgan fingerprint density at radius 1 is 1.04 bits per heavy atom. The number of hydrogen-bond acceptors (Lipinski definition) is 6. The van der Waals surface area contributed by atoms with Crippen LogP contribution in [0.4, 0.5) is 0 Å². The van der Waals surface area contributed by atoms with Crippen LogP contribution in [0.3, 0.4) is 0 Å². The summed E-state index contributed by atoms with van der Waals surface area (Å²) in [6.45, 7) is 2.38. The molecule has 0 bridgehead atoms. The van der Waals surface area contributed by atoms with Crippen molar-refractivity contribution < 1.29 is 16.8 Å². The molecule has 3 rings (SSSR count). The first-order valence-corrected chi connectivity index (χ1v) is 11.8. The van der Waals surface area contributed by atoms with Crippen molar-refractivity contribution >= 4 is 19.7 Å². The van der Waals surface area contributed by atoms with Gasteiger partial charge in [0.05, 0.1) is 21.7 Å². The van der Waals surface area contributed by atoms with Crippen LogP contribution in [0.25, 0.3) is 0 Å². The lowest BCUT2D eigenvalue weighted by atomic mass is 10.2. The van der Waals surface area contributed by atoms with Crippen molar-refractivity contribution in [2.24, 2.45) is 0 Å². The molecule has 1 aromatic carbocycles. The molecule has 2 atom stereocenters. The van der Waals surface area contributed by atoms with Crippen LogP contribution in [0.15, 0.2) is 53.7 Å². The number of aromatic nitrogens is 1. The number of nitrogens with zero attached hydrogens (tertiary/aromatic N) is 1. The van der Waals surface area contributed by atoms with Gasteiger partial charge in [-0.05, 0) is 41.8 Å². The zero-order valence-electron chi connectivity index (χ0n) is 14.5. The fourth-order valence-corrected chi connectivity index (χ4v) is 7.87. The Kier molecular flexibility index (Phi) is 5.45. The first-order chi connectivity index (χ1) is 12.3. The molecule has 1 aliphatic rings. The quantitative estimate of drug-likeness (QED) is 0.795. The highest BCUT2D eigenvalue weighted by atomic mass is 32.2. The van der Waals surface area contributed by atoms with Gasteiger partial charge in [0, 0.05) is 25.0 Å². The van der Waals surface area contributed by atoms with E-state index in [0.29, 0.717) is 6.54 Å². The van der Waals surface area contributed by atoms with Crippen LogP contribution in [0.1, 0.15) is 18.1 Å². The summed E-state index contributed by atoms with van der Waals surface area (Å²) in [7, 11) is -7.15. The van der Waals surface area contributed by atoms with Crippen LogP contribution in [0.5, 0.6) is 0 Å². The summed E-state index contributed by atoms with van der Waals surface area (Å²) >= 11 is 0. The fraction of sp³-hybridized carbons (Fsp3) is 0.389. The van der Waals surface area contributed by atoms with Gasteiger partial charge in [0.15, 0.2) is 19.7 Å². The molecule has 1 fully saturated rings. The Labute approximate surface area is 154 Å². The normalized spacial score (nSPS) is 22.3. The van der Waals surface area contributed by atoms with E-state index < -0.39 is 31.0 Å². The lowest BCUT2D eigenvalue weighted by Gasteiger charge is -2.20. The third-order valence-corrected chi connectivity index (χ3v) is 8.84. The third kappa shape index (κ3) is 4.13. The van der Waals surface area contributed by atoms with E-state index in [4.69, 9.17) is 0 Å². The molecule has 26 heavy (non-hydrogen) atoms. The van der Waals surface area contributed by atoms with Crippen LogP contribution < -0.4 is 5.32 Å². The molecular weight excluding hydrogens is 372 g/mol. The van der Waals surface area contributed by atoms with Crippen molar-refractivity contribution in [3.63, 3.8) is 0 Å². The Morgan fingerprint density at radius 3 is 2.31 bits per heavy atom. The topological polar surface area (TPSA) is 93.2 Å². The van der Waals surface area contributed by atoms with Gasteiger partial charge in [-0.3, -0.25) is 4.98 Å². The van der Waals surface area contributed by atoms with Gasteiger partial charge >= 0.3 is 0 Å². The largest absolute Gasteiger partial charge is 0.308 e. The van der Waals surface area contributed by atoms with Gasteiger partial charge in [-0.25, -0.2) is 16.8 Å². The summed E-state index contributed by atoms with van der Waals surface area (Å²) in [5.41, 5.74) is 1.96. The van der Waals surface area contributed by atoms with Gasteiger partial charge < -0.3 is 5.32 Å². The average molecular weight is 395 g/mol. The Bertz CT molecular complexity index is 956. The monoisotopic (exact) mass is 394 g/mol. The molecule has 2 heterocycles. The maximum Gasteiger partial charge on any atom is 0.183 e. The van der Waals surface area contributed by atoms with Crippen LogP contribution in [-0.4, -0.2) is 44.6 Å². The van der Waals surface area contributed by atoms with E-state index in [1.807, 2.05) is 19.1 Å². The fourth-order valence-electron chi connectivity index (χ4n) is 3.15. The van der Waals surface area contributed by atoms with Crippen LogP contribution in [-0.2, 0) is 32.6 Å². The van der Waals surface area contributed by atoms with Crippen LogP contribution >= 0.6 is 0 Å². The molecule has 0 unspecified atom stereocenters. The number of pyridine rings is 1. The third-order valence-electron chi connectivity index (χ3n) is 4.68. The number of hydrogen-bond donors (Lipinski definition) is 1. The van der Waals surface area contributed by atoms with E-state index in [1.54, 1.807) is 36.7 Å². The van der Waals surface area contributed by atoms with Crippen molar-refractivity contribution in [3.05, 3.63) is 59.9 Å².